The second kappa shape index (κ2) is 14.9. The van der Waals surface area contributed by atoms with Gasteiger partial charge in [0.25, 0.3) is 0 Å². The lowest BCUT2D eigenvalue weighted by Crippen LogP contribution is -2.47. The topological polar surface area (TPSA) is 64.0 Å². The summed E-state index contributed by atoms with van der Waals surface area (Å²) < 4.78 is 29.0. The summed E-state index contributed by atoms with van der Waals surface area (Å²) in [5.41, 5.74) is 0.448. The van der Waals surface area contributed by atoms with Crippen LogP contribution in [0.1, 0.15) is 107 Å². The van der Waals surface area contributed by atoms with Gasteiger partial charge < -0.3 is 18.9 Å². The number of carbonyl (C=O) groups is 1. The van der Waals surface area contributed by atoms with Gasteiger partial charge in [-0.1, -0.05) is 65.2 Å². The van der Waals surface area contributed by atoms with E-state index in [9.17, 15) is 9.59 Å². The molecule has 1 aromatic heterocycles. The van der Waals surface area contributed by atoms with Crippen molar-refractivity contribution in [2.75, 3.05) is 51.3 Å². The number of methoxy groups -OCH3 is 1. The Bertz CT molecular complexity index is 1190. The lowest BCUT2D eigenvalue weighted by atomic mass is 10.1. The molecule has 40 heavy (non-hydrogen) atoms. The van der Waals surface area contributed by atoms with Crippen LogP contribution in [0.5, 0.6) is 5.75 Å². The molecule has 222 valence electrons. The fourth-order valence-electron chi connectivity index (χ4n) is 5.80. The lowest BCUT2D eigenvalue weighted by Gasteiger charge is -2.37. The van der Waals surface area contributed by atoms with Crippen LogP contribution in [0.25, 0.3) is 10.9 Å². The van der Waals surface area contributed by atoms with Crippen molar-refractivity contribution in [3.8, 4) is 5.75 Å². The number of anilines is 1. The SMILES string of the molecule is CCCCCCCOC(=O)c1cn(C2CC2)c2c(OC)c(N3CCN(CCCCCCC)CC3)c(F)cc2c1=O. The van der Waals surface area contributed by atoms with Crippen LogP contribution >= 0.6 is 0 Å². The van der Waals surface area contributed by atoms with E-state index in [1.54, 1.807) is 6.20 Å². The molecule has 0 bridgehead atoms. The molecule has 1 saturated carbocycles. The van der Waals surface area contributed by atoms with Gasteiger partial charge in [-0.3, -0.25) is 9.69 Å². The number of nitrogens with zero attached hydrogens (tertiary/aromatic N) is 3. The predicted molar refractivity (Wildman–Crippen MR) is 159 cm³/mol. The van der Waals surface area contributed by atoms with Crippen molar-refractivity contribution < 1.29 is 18.7 Å². The third-order valence-corrected chi connectivity index (χ3v) is 8.31. The van der Waals surface area contributed by atoms with Gasteiger partial charge in [0.2, 0.25) is 5.43 Å². The van der Waals surface area contributed by atoms with Gasteiger partial charge in [0.05, 0.1) is 24.6 Å². The van der Waals surface area contributed by atoms with Gasteiger partial charge in [-0.05, 0) is 38.3 Å². The minimum absolute atomic E-state index is 0.0327. The number of halogens is 1. The van der Waals surface area contributed by atoms with Gasteiger partial charge in [-0.2, -0.15) is 0 Å². The van der Waals surface area contributed by atoms with Crippen molar-refractivity contribution in [2.45, 2.75) is 96.9 Å². The predicted octanol–water partition coefficient (Wildman–Crippen LogP) is 6.70. The van der Waals surface area contributed by atoms with Crippen molar-refractivity contribution in [3.05, 3.63) is 33.9 Å². The van der Waals surface area contributed by atoms with E-state index in [4.69, 9.17) is 9.47 Å². The van der Waals surface area contributed by atoms with Gasteiger partial charge in [-0.25, -0.2) is 9.18 Å². The average molecular weight is 558 g/mol. The van der Waals surface area contributed by atoms with Crippen LogP contribution < -0.4 is 15.1 Å². The quantitative estimate of drug-likeness (QED) is 0.169. The number of hydrogen-bond donors (Lipinski definition) is 0. The highest BCUT2D eigenvalue weighted by Crippen LogP contribution is 2.43. The number of pyridine rings is 1. The van der Waals surface area contributed by atoms with Crippen molar-refractivity contribution in [1.29, 1.82) is 0 Å². The monoisotopic (exact) mass is 557 g/mol. The molecular formula is C32H48FN3O4. The number of aromatic nitrogens is 1. The van der Waals surface area contributed by atoms with E-state index < -0.39 is 17.2 Å². The summed E-state index contributed by atoms with van der Waals surface area (Å²) in [5, 5.41) is 0.174. The van der Waals surface area contributed by atoms with Gasteiger partial charge in [-0.15, -0.1) is 0 Å². The molecule has 2 aliphatic rings. The summed E-state index contributed by atoms with van der Waals surface area (Å²) in [5.74, 6) is -0.743. The fraction of sp³-hybridized carbons (Fsp3) is 0.688. The number of hydrogen-bond acceptors (Lipinski definition) is 6. The number of carbonyl (C=O) groups excluding carboxylic acids is 1. The average Bonchev–Trinajstić information content (AvgIpc) is 3.80. The minimum atomic E-state index is -0.633. The summed E-state index contributed by atoms with van der Waals surface area (Å²) in [7, 11) is 1.53. The van der Waals surface area contributed by atoms with Crippen molar-refractivity contribution in [2.24, 2.45) is 0 Å². The number of ether oxygens (including phenoxy) is 2. The second-order valence-electron chi connectivity index (χ2n) is 11.4. The first-order chi connectivity index (χ1) is 19.5. The van der Waals surface area contributed by atoms with Crippen molar-refractivity contribution in [1.82, 2.24) is 9.47 Å². The standard InChI is InChI=1S/C32H48FN3O4/c1-4-6-8-10-12-16-34-17-19-35(20-18-34)29-27(33)22-25-28(31(29)39-3)36(24-14-15-24)23-26(30(25)37)32(38)40-21-13-11-9-7-5-2/h22-24H,4-21H2,1-3H3. The zero-order valence-corrected chi connectivity index (χ0v) is 24.8. The number of benzene rings is 1. The maximum absolute atomic E-state index is 15.8. The molecule has 1 aliphatic heterocycles. The summed E-state index contributed by atoms with van der Waals surface area (Å²) in [6.07, 6.45) is 15.0. The van der Waals surface area contributed by atoms with E-state index in [1.165, 1.54) is 45.3 Å². The van der Waals surface area contributed by atoms with Crippen molar-refractivity contribution >= 4 is 22.6 Å². The second-order valence-corrected chi connectivity index (χ2v) is 11.4. The first kappa shape index (κ1) is 30.4. The molecule has 0 spiro atoms. The Balaban J connectivity index is 1.54. The van der Waals surface area contributed by atoms with Crippen LogP contribution in [0.2, 0.25) is 0 Å². The smallest absolute Gasteiger partial charge is 0.343 e. The molecule has 0 unspecified atom stereocenters. The van der Waals surface area contributed by atoms with Crippen LogP contribution in [0.4, 0.5) is 10.1 Å². The van der Waals surface area contributed by atoms with Crippen molar-refractivity contribution in [3.63, 3.8) is 0 Å². The Morgan fingerprint density at radius 2 is 1.60 bits per heavy atom. The Hall–Kier alpha value is -2.61. The molecule has 4 rings (SSSR count). The van der Waals surface area contributed by atoms with E-state index in [2.05, 4.69) is 18.7 Å². The molecule has 0 N–H and O–H groups in total. The zero-order valence-electron chi connectivity index (χ0n) is 24.8. The number of unbranched alkanes of at least 4 members (excludes halogenated alkanes) is 8. The number of rotatable bonds is 16. The number of piperazine rings is 1. The maximum atomic E-state index is 15.8. The number of esters is 1. The van der Waals surface area contributed by atoms with E-state index in [0.717, 1.165) is 64.6 Å². The highest BCUT2D eigenvalue weighted by atomic mass is 19.1. The summed E-state index contributed by atoms with van der Waals surface area (Å²) in [6.45, 7) is 8.88. The summed E-state index contributed by atoms with van der Waals surface area (Å²) in [6, 6.07) is 1.45. The number of fused-ring (bicyclic) bond motifs is 1. The highest BCUT2D eigenvalue weighted by Gasteiger charge is 2.32. The Kier molecular flexibility index (Phi) is 11.3. The molecule has 2 aromatic rings. The van der Waals surface area contributed by atoms with E-state index in [-0.39, 0.29) is 23.6 Å². The molecule has 0 amide bonds. The first-order valence-electron chi connectivity index (χ1n) is 15.6. The minimum Gasteiger partial charge on any atom is -0.492 e. The Labute approximate surface area is 238 Å². The first-order valence-corrected chi connectivity index (χ1v) is 15.6. The van der Waals surface area contributed by atoms with Crippen LogP contribution in [-0.2, 0) is 4.74 Å². The van der Waals surface area contributed by atoms with Crippen LogP contribution in [0.3, 0.4) is 0 Å². The van der Waals surface area contributed by atoms with Crippen LogP contribution in [0.15, 0.2) is 17.1 Å². The molecule has 2 fully saturated rings. The molecule has 8 heteroatoms. The van der Waals surface area contributed by atoms with Crippen LogP contribution in [-0.4, -0.2) is 61.9 Å². The molecule has 1 saturated heterocycles. The molecule has 1 aliphatic carbocycles. The maximum Gasteiger partial charge on any atom is 0.343 e. The third kappa shape index (κ3) is 7.36. The van der Waals surface area contributed by atoms with E-state index in [1.807, 2.05) is 9.47 Å². The molecule has 2 heterocycles. The van der Waals surface area contributed by atoms with Crippen LogP contribution in [0, 0.1) is 5.82 Å². The largest absolute Gasteiger partial charge is 0.492 e. The summed E-state index contributed by atoms with van der Waals surface area (Å²) >= 11 is 0. The van der Waals surface area contributed by atoms with Gasteiger partial charge >= 0.3 is 5.97 Å². The normalized spacial score (nSPS) is 16.1. The summed E-state index contributed by atoms with van der Waals surface area (Å²) in [4.78, 5) is 30.9. The zero-order chi connectivity index (χ0) is 28.5. The van der Waals surface area contributed by atoms with E-state index >= 15 is 4.39 Å². The van der Waals surface area contributed by atoms with Gasteiger partial charge in [0.1, 0.15) is 11.3 Å². The van der Waals surface area contributed by atoms with Gasteiger partial charge in [0, 0.05) is 38.4 Å². The molecule has 7 nitrogen and oxygen atoms in total. The third-order valence-electron chi connectivity index (χ3n) is 8.31. The Morgan fingerprint density at radius 3 is 2.23 bits per heavy atom. The molecule has 1 aromatic carbocycles. The lowest BCUT2D eigenvalue weighted by molar-refractivity contribution is 0.0495. The fourth-order valence-corrected chi connectivity index (χ4v) is 5.80. The molecular weight excluding hydrogens is 509 g/mol. The molecule has 0 atom stereocenters. The molecule has 0 radical (unpaired) electrons. The van der Waals surface area contributed by atoms with Gasteiger partial charge in [0.15, 0.2) is 11.6 Å². The highest BCUT2D eigenvalue weighted by molar-refractivity contribution is 5.97. The van der Waals surface area contributed by atoms with E-state index in [0.29, 0.717) is 30.0 Å². The Morgan fingerprint density at radius 1 is 0.950 bits per heavy atom.